The van der Waals surface area contributed by atoms with Crippen molar-refractivity contribution in [3.63, 3.8) is 0 Å². The van der Waals surface area contributed by atoms with E-state index < -0.39 is 47.3 Å². The minimum absolute atomic E-state index is 0. The predicted molar refractivity (Wildman–Crippen MR) is 258 cm³/mol. The number of sulfone groups is 2. The van der Waals surface area contributed by atoms with Gasteiger partial charge in [0.25, 0.3) is 11.8 Å². The smallest absolute Gasteiger partial charge is 0.266 e. The normalized spacial score (nSPS) is 19.1. The summed E-state index contributed by atoms with van der Waals surface area (Å²) >= 11 is 0. The van der Waals surface area contributed by atoms with Gasteiger partial charge >= 0.3 is 0 Å². The third-order valence-corrected chi connectivity index (χ3v) is 16.4. The number of halogens is 1. The molecule has 3 heterocycles. The van der Waals surface area contributed by atoms with Gasteiger partial charge in [0.05, 0.1) is 0 Å². The van der Waals surface area contributed by atoms with Gasteiger partial charge in [-0.05, 0) is 84.1 Å². The Labute approximate surface area is 390 Å². The van der Waals surface area contributed by atoms with Gasteiger partial charge in [0.2, 0.25) is 0 Å². The van der Waals surface area contributed by atoms with Crippen LogP contribution < -0.4 is 11.0 Å². The van der Waals surface area contributed by atoms with Crippen molar-refractivity contribution >= 4 is 55.0 Å². The number of hydrogen-bond donors (Lipinski definition) is 3. The van der Waals surface area contributed by atoms with Crippen molar-refractivity contribution in [2.24, 2.45) is 0 Å². The molecule has 0 spiro atoms. The summed E-state index contributed by atoms with van der Waals surface area (Å²) in [5.74, 6) is -1.58. The maximum atomic E-state index is 12.9. The number of carbonyl (C=O) groups is 2. The van der Waals surface area contributed by atoms with E-state index in [0.717, 1.165) is 54.9 Å². The number of nitrogens with one attached hydrogen (secondary N) is 2. The van der Waals surface area contributed by atoms with Crippen molar-refractivity contribution in [1.82, 2.24) is 20.8 Å². The van der Waals surface area contributed by atoms with E-state index in [1.807, 2.05) is 46.2 Å². The molecule has 2 amide bonds. The van der Waals surface area contributed by atoms with Crippen LogP contribution in [0.25, 0.3) is 33.4 Å². The van der Waals surface area contributed by atoms with Crippen molar-refractivity contribution in [3.8, 4) is 22.3 Å². The lowest BCUT2D eigenvalue weighted by Crippen LogP contribution is -2.57. The van der Waals surface area contributed by atoms with Crippen LogP contribution in [0.1, 0.15) is 57.1 Å². The lowest BCUT2D eigenvalue weighted by atomic mass is 9.96. The van der Waals surface area contributed by atoms with E-state index in [4.69, 9.17) is 14.8 Å². The minimum atomic E-state index is -3.71. The molecular weight excluding hydrogens is 888 g/mol. The molecule has 3 aliphatic heterocycles. The van der Waals surface area contributed by atoms with Gasteiger partial charge in [-0.3, -0.25) is 24.6 Å². The molecule has 0 radical (unpaired) electrons. The first kappa shape index (κ1) is 51.3. The zero-order valence-corrected chi connectivity index (χ0v) is 39.9. The average Bonchev–Trinajstić information content (AvgIpc) is 3.31. The Hall–Kier alpha value is -4.71. The van der Waals surface area contributed by atoms with Crippen LogP contribution in [0.2, 0.25) is 0 Å². The van der Waals surface area contributed by atoms with Crippen LogP contribution >= 0.6 is 12.4 Å². The van der Waals surface area contributed by atoms with Crippen molar-refractivity contribution in [2.75, 3.05) is 58.4 Å². The van der Waals surface area contributed by atoms with Gasteiger partial charge in [-0.25, -0.2) is 32.6 Å². The summed E-state index contributed by atoms with van der Waals surface area (Å²) in [4.78, 5) is 34.2. The fraction of sp³-hybridized carbons (Fsp3) is 0.388. The van der Waals surface area contributed by atoms with Crippen molar-refractivity contribution in [3.05, 3.63) is 132 Å². The number of carbonyl (C=O) groups excluding carboxylic acids is 2. The third-order valence-electron chi connectivity index (χ3n) is 12.5. The molecule has 0 aliphatic carbocycles. The van der Waals surface area contributed by atoms with Crippen molar-refractivity contribution in [1.29, 1.82) is 0 Å². The van der Waals surface area contributed by atoms with E-state index >= 15 is 0 Å². The van der Waals surface area contributed by atoms with E-state index in [-0.39, 0.29) is 25.5 Å². The summed E-state index contributed by atoms with van der Waals surface area (Å²) in [6.07, 6.45) is 9.87. The highest BCUT2D eigenvalue weighted by Gasteiger charge is 2.46. The van der Waals surface area contributed by atoms with Crippen LogP contribution in [0.5, 0.6) is 0 Å². The summed E-state index contributed by atoms with van der Waals surface area (Å²) in [5.41, 5.74) is 13.3. The van der Waals surface area contributed by atoms with Gasteiger partial charge in [-0.1, -0.05) is 121 Å². The van der Waals surface area contributed by atoms with Crippen LogP contribution in [0.3, 0.4) is 0 Å². The van der Waals surface area contributed by atoms with E-state index in [0.29, 0.717) is 39.2 Å². The Morgan fingerprint density at radius 1 is 0.646 bits per heavy atom. The highest BCUT2D eigenvalue weighted by molar-refractivity contribution is 7.93. The van der Waals surface area contributed by atoms with Gasteiger partial charge in [-0.2, -0.15) is 0 Å². The highest BCUT2D eigenvalue weighted by atomic mass is 35.5. The van der Waals surface area contributed by atoms with Gasteiger partial charge < -0.3 is 4.74 Å². The highest BCUT2D eigenvalue weighted by Crippen LogP contribution is 2.30. The second-order valence-corrected chi connectivity index (χ2v) is 22.0. The Morgan fingerprint density at radius 2 is 1.05 bits per heavy atom. The molecule has 16 heteroatoms. The monoisotopic (exact) mass is 948 g/mol. The first-order valence-electron chi connectivity index (χ1n) is 21.6. The molecule has 1 fully saturated rings. The lowest BCUT2D eigenvalue weighted by molar-refractivity contribution is -0.201. The lowest BCUT2D eigenvalue weighted by Gasteiger charge is -2.35. The molecule has 0 bridgehead atoms. The van der Waals surface area contributed by atoms with Crippen molar-refractivity contribution < 1.29 is 41.2 Å². The quantitative estimate of drug-likeness (QED) is 0.0879. The number of hydrogen-bond acceptors (Lipinski definition) is 11. The molecule has 7 rings (SSSR count). The molecule has 3 unspecified atom stereocenters. The number of rotatable bonds is 14. The zero-order chi connectivity index (χ0) is 46.0. The van der Waals surface area contributed by atoms with E-state index in [1.54, 1.807) is 0 Å². The molecule has 3 aliphatic rings. The number of ether oxygens (including phenoxy) is 1. The van der Waals surface area contributed by atoms with Gasteiger partial charge in [-0.15, -0.1) is 12.4 Å². The maximum absolute atomic E-state index is 12.9. The minimum Gasteiger partial charge on any atom is -0.350 e. The Morgan fingerprint density at radius 3 is 1.40 bits per heavy atom. The molecule has 4 aromatic carbocycles. The molecule has 1 saturated heterocycles. The SMILES string of the molecule is CC(CN1CC=C(c2ccc(-c3ccccc3)cc2)CC1)(C(=O)NO)S(C)(=O)=O.CC(CN1CC=C(c2ccc(-c3ccccc3)cc2)CC1)(C(=O)NOC1CCCCO1)S(C)(=O)=O.Cl. The third kappa shape index (κ3) is 13.0. The maximum Gasteiger partial charge on any atom is 0.266 e. The summed E-state index contributed by atoms with van der Waals surface area (Å²) in [5, 5.41) is 8.96. The number of benzene rings is 4. The van der Waals surface area contributed by atoms with Crippen LogP contribution in [0.4, 0.5) is 0 Å². The molecule has 4 aromatic rings. The van der Waals surface area contributed by atoms with Crippen LogP contribution in [0, 0.1) is 0 Å². The first-order valence-corrected chi connectivity index (χ1v) is 25.3. The topological polar surface area (TPSA) is 172 Å². The summed E-state index contributed by atoms with van der Waals surface area (Å²) < 4.78 is 51.7. The molecule has 350 valence electrons. The standard InChI is InChI=1S/C27H34N2O5S.C22H26N2O4S.ClH/c1-27(35(2,31)32,26(30)28-34-25-10-6-7-19-33-25)20-29-17-15-24(16-18-29)23-13-11-22(12-14-23)21-8-4-3-5-9-21;1-22(21(25)23-26,29(2,27)28)16-24-14-12-20(13-15-24)19-10-8-18(9-11-19)17-6-4-3-5-7-17;/h3-5,8-9,11-15,25H,6-7,10,16-20H2,1-2H3,(H,28,30);3-12,26H,13-16H2,1-2H3,(H,23,25);1H. The fourth-order valence-electron chi connectivity index (χ4n) is 7.97. The molecular formula is C49H61ClN4O9S2. The van der Waals surface area contributed by atoms with Gasteiger partial charge in [0.1, 0.15) is 0 Å². The Balaban J connectivity index is 0.000000245. The molecule has 0 aromatic heterocycles. The predicted octanol–water partition coefficient (Wildman–Crippen LogP) is 6.99. The Bertz CT molecular complexity index is 2500. The molecule has 3 N–H and O–H groups in total. The van der Waals surface area contributed by atoms with Gasteiger partial charge in [0, 0.05) is 64.8 Å². The molecule has 65 heavy (non-hydrogen) atoms. The second-order valence-electron chi connectivity index (χ2n) is 17.1. The van der Waals surface area contributed by atoms with E-state index in [9.17, 15) is 26.4 Å². The number of amides is 2. The summed E-state index contributed by atoms with van der Waals surface area (Å²) in [7, 11) is -7.41. The molecule has 13 nitrogen and oxygen atoms in total. The zero-order valence-electron chi connectivity index (χ0n) is 37.4. The molecule has 3 atom stereocenters. The van der Waals surface area contributed by atoms with Crippen molar-refractivity contribution in [2.45, 2.75) is 61.7 Å². The van der Waals surface area contributed by atoms with Gasteiger partial charge in [0.15, 0.2) is 35.5 Å². The molecule has 0 saturated carbocycles. The van der Waals surface area contributed by atoms with E-state index in [2.05, 4.69) is 90.4 Å². The van der Waals surface area contributed by atoms with Crippen LogP contribution in [-0.2, 0) is 38.8 Å². The average molecular weight is 950 g/mol. The van der Waals surface area contributed by atoms with E-state index in [1.165, 1.54) is 47.2 Å². The summed E-state index contributed by atoms with van der Waals surface area (Å²) in [6, 6.07) is 37.3. The fourth-order valence-corrected chi connectivity index (χ4v) is 9.56. The second kappa shape index (κ2) is 22.7. The largest absolute Gasteiger partial charge is 0.350 e. The number of hydroxylamine groups is 2. The summed E-state index contributed by atoms with van der Waals surface area (Å²) in [6.45, 7) is 5.90. The van der Waals surface area contributed by atoms with Crippen LogP contribution in [0.15, 0.2) is 121 Å². The number of nitrogens with zero attached hydrogens (tertiary/aromatic N) is 2. The Kier molecular flexibility index (Phi) is 17.9. The first-order chi connectivity index (χ1) is 30.5. The van der Waals surface area contributed by atoms with Crippen LogP contribution in [-0.4, -0.2) is 118 Å².